The largest absolute Gasteiger partial charge is 0.487 e. The van der Waals surface area contributed by atoms with Gasteiger partial charge in [-0.3, -0.25) is 4.79 Å². The average molecular weight is 540 g/mol. The van der Waals surface area contributed by atoms with Gasteiger partial charge in [0.1, 0.15) is 34.5 Å². The molecule has 4 rings (SSSR count). The minimum absolute atomic E-state index is 0.144. The quantitative estimate of drug-likeness (QED) is 0.217. The van der Waals surface area contributed by atoms with Crippen molar-refractivity contribution >= 4 is 46.1 Å². The van der Waals surface area contributed by atoms with Crippen LogP contribution in [0, 0.1) is 5.92 Å². The number of nitrogens with one attached hydrogen (secondary N) is 1. The van der Waals surface area contributed by atoms with Gasteiger partial charge in [0.25, 0.3) is 0 Å². The highest BCUT2D eigenvalue weighted by molar-refractivity contribution is 7.82. The summed E-state index contributed by atoms with van der Waals surface area (Å²) < 4.78 is 14.3. The van der Waals surface area contributed by atoms with Gasteiger partial charge in [0.05, 0.1) is 23.0 Å². The maximum atomic E-state index is 13.4. The van der Waals surface area contributed by atoms with Gasteiger partial charge in [0.2, 0.25) is 5.91 Å². The van der Waals surface area contributed by atoms with Crippen LogP contribution in [0.3, 0.4) is 0 Å². The molecule has 0 aliphatic carbocycles. The molecule has 2 atom stereocenters. The zero-order chi connectivity index (χ0) is 26.4. The number of aromatic nitrogens is 4. The number of carbonyl (C=O) groups is 2. The zero-order valence-electron chi connectivity index (χ0n) is 20.8. The topological polar surface area (TPSA) is 108 Å². The Bertz CT molecular complexity index is 1360. The maximum absolute atomic E-state index is 13.4. The summed E-state index contributed by atoms with van der Waals surface area (Å²) in [5, 5.41) is 11.3. The first kappa shape index (κ1) is 26.6. The molecule has 2 aromatic carbocycles. The molecule has 37 heavy (non-hydrogen) atoms. The van der Waals surface area contributed by atoms with E-state index in [1.54, 1.807) is 13.1 Å². The Balaban J connectivity index is 1.51. The molecule has 9 nitrogen and oxygen atoms in total. The number of esters is 1. The number of ether oxygens (including phenoxy) is 2. The molecule has 194 valence electrons. The van der Waals surface area contributed by atoms with Crippen molar-refractivity contribution in [3.05, 3.63) is 66.0 Å². The average Bonchev–Trinajstić information content (AvgIpc) is 3.50. The van der Waals surface area contributed by atoms with Gasteiger partial charge in [-0.25, -0.2) is 14.5 Å². The third-order valence-corrected chi connectivity index (χ3v) is 6.89. The number of benzene rings is 2. The van der Waals surface area contributed by atoms with Crippen molar-refractivity contribution in [3.8, 4) is 5.75 Å². The summed E-state index contributed by atoms with van der Waals surface area (Å²) in [5.74, 6) is -0.271. The summed E-state index contributed by atoms with van der Waals surface area (Å²) in [5.41, 5.74) is 2.39. The lowest BCUT2D eigenvalue weighted by Gasteiger charge is -2.24. The number of thiazole rings is 1. The second-order valence-electron chi connectivity index (χ2n) is 8.79. The highest BCUT2D eigenvalue weighted by Gasteiger charge is 2.30. The molecular weight excluding hydrogens is 510 g/mol. The molecule has 1 N–H and O–H groups in total. The summed E-state index contributed by atoms with van der Waals surface area (Å²) >= 11 is 5.78. The molecule has 0 radical (unpaired) electrons. The number of rotatable bonds is 11. The second kappa shape index (κ2) is 12.2. The minimum Gasteiger partial charge on any atom is -0.487 e. The van der Waals surface area contributed by atoms with Gasteiger partial charge in [0, 0.05) is 6.42 Å². The summed E-state index contributed by atoms with van der Waals surface area (Å²) in [6.45, 7) is 5.87. The van der Waals surface area contributed by atoms with Crippen molar-refractivity contribution < 1.29 is 19.1 Å². The van der Waals surface area contributed by atoms with E-state index in [0.717, 1.165) is 15.8 Å². The fourth-order valence-corrected chi connectivity index (χ4v) is 4.93. The molecular formula is C26H29N5O4S2. The summed E-state index contributed by atoms with van der Waals surface area (Å²) in [6.07, 6.45) is 2.07. The predicted molar refractivity (Wildman–Crippen MR) is 144 cm³/mol. The molecule has 0 bridgehead atoms. The molecule has 0 spiro atoms. The number of carbonyl (C=O) groups excluding carboxylic acids is 2. The smallest absolute Gasteiger partial charge is 0.328 e. The Morgan fingerprint density at radius 2 is 1.95 bits per heavy atom. The minimum atomic E-state index is -0.767. The number of amides is 1. The summed E-state index contributed by atoms with van der Waals surface area (Å²) in [4.78, 5) is 30.2. The molecule has 11 heteroatoms. The maximum Gasteiger partial charge on any atom is 0.328 e. The number of fused-ring (bicyclic) bond motifs is 1. The zero-order valence-corrected chi connectivity index (χ0v) is 22.5. The van der Waals surface area contributed by atoms with E-state index in [4.69, 9.17) is 9.47 Å². The molecule has 0 saturated carbocycles. The molecule has 0 aliphatic rings. The van der Waals surface area contributed by atoms with Crippen molar-refractivity contribution in [1.29, 1.82) is 0 Å². The first-order chi connectivity index (χ1) is 17.8. The number of hydrogen-bond acceptors (Lipinski definition) is 9. The van der Waals surface area contributed by atoms with Crippen LogP contribution < -0.4 is 10.1 Å². The van der Waals surface area contributed by atoms with Crippen molar-refractivity contribution in [2.24, 2.45) is 5.92 Å². The van der Waals surface area contributed by atoms with Gasteiger partial charge >= 0.3 is 5.97 Å². The van der Waals surface area contributed by atoms with Crippen LogP contribution in [0.1, 0.15) is 38.1 Å². The Morgan fingerprint density at radius 3 is 2.68 bits per heavy atom. The lowest BCUT2D eigenvalue weighted by Crippen LogP contribution is -2.48. The molecule has 0 saturated heterocycles. The van der Waals surface area contributed by atoms with E-state index in [1.165, 1.54) is 16.0 Å². The van der Waals surface area contributed by atoms with E-state index in [-0.39, 0.29) is 25.0 Å². The normalized spacial score (nSPS) is 12.9. The van der Waals surface area contributed by atoms with Crippen LogP contribution >= 0.6 is 24.0 Å². The van der Waals surface area contributed by atoms with Crippen molar-refractivity contribution in [1.82, 2.24) is 25.3 Å². The fourth-order valence-electron chi connectivity index (χ4n) is 3.79. The number of hydrogen-bond donors (Lipinski definition) is 2. The van der Waals surface area contributed by atoms with E-state index < -0.39 is 18.1 Å². The van der Waals surface area contributed by atoms with Gasteiger partial charge < -0.3 is 14.8 Å². The first-order valence-electron chi connectivity index (χ1n) is 12.0. The van der Waals surface area contributed by atoms with Crippen LogP contribution in [0.25, 0.3) is 10.2 Å². The molecule has 0 fully saturated rings. The predicted octanol–water partition coefficient (Wildman–Crippen LogP) is 4.24. The highest BCUT2D eigenvalue weighted by Crippen LogP contribution is 2.28. The van der Waals surface area contributed by atoms with E-state index in [9.17, 15) is 9.59 Å². The van der Waals surface area contributed by atoms with Crippen molar-refractivity contribution in [2.45, 2.75) is 50.2 Å². The fraction of sp³-hybridized carbons (Fsp3) is 0.346. The third kappa shape index (κ3) is 6.86. The molecule has 2 heterocycles. The first-order valence-corrected chi connectivity index (χ1v) is 13.2. The lowest BCUT2D eigenvalue weighted by molar-refractivity contribution is -0.149. The Kier molecular flexibility index (Phi) is 8.78. The molecule has 1 unspecified atom stereocenters. The van der Waals surface area contributed by atoms with E-state index in [1.807, 2.05) is 62.4 Å². The van der Waals surface area contributed by atoms with E-state index in [0.29, 0.717) is 22.2 Å². The monoisotopic (exact) mass is 539 g/mol. The molecule has 1 amide bonds. The van der Waals surface area contributed by atoms with Crippen molar-refractivity contribution in [2.75, 3.05) is 6.61 Å². The Morgan fingerprint density at radius 1 is 1.16 bits per heavy atom. The van der Waals surface area contributed by atoms with Gasteiger partial charge in [-0.2, -0.15) is 0 Å². The number of thiol groups is 1. The Hall–Kier alpha value is -3.44. The molecule has 2 aromatic heterocycles. The second-order valence-corrected chi connectivity index (χ2v) is 10.5. The molecule has 0 aliphatic heterocycles. The van der Waals surface area contributed by atoms with Crippen LogP contribution in [-0.4, -0.2) is 44.5 Å². The molecule has 4 aromatic rings. The van der Waals surface area contributed by atoms with Crippen LogP contribution in [0.5, 0.6) is 5.75 Å². The Labute approximate surface area is 224 Å². The van der Waals surface area contributed by atoms with Crippen LogP contribution in [0.2, 0.25) is 0 Å². The third-order valence-electron chi connectivity index (χ3n) is 5.69. The lowest BCUT2D eigenvalue weighted by atomic mass is 10.0. The van der Waals surface area contributed by atoms with Gasteiger partial charge in [-0.05, 0) is 36.6 Å². The highest BCUT2D eigenvalue weighted by atomic mass is 32.2. The number of nitrogens with zero attached hydrogens (tertiary/aromatic N) is 4. The van der Waals surface area contributed by atoms with Gasteiger partial charge in [0.15, 0.2) is 0 Å². The summed E-state index contributed by atoms with van der Waals surface area (Å²) in [6, 6.07) is 13.8. The van der Waals surface area contributed by atoms with Gasteiger partial charge in [-0.1, -0.05) is 49.4 Å². The van der Waals surface area contributed by atoms with E-state index in [2.05, 4.69) is 33.2 Å². The van der Waals surface area contributed by atoms with Crippen LogP contribution in [0.4, 0.5) is 0 Å². The van der Waals surface area contributed by atoms with Crippen LogP contribution in [0.15, 0.2) is 59.1 Å². The van der Waals surface area contributed by atoms with E-state index >= 15 is 0 Å². The summed E-state index contributed by atoms with van der Waals surface area (Å²) in [7, 11) is 0. The van der Waals surface area contributed by atoms with Crippen molar-refractivity contribution in [3.63, 3.8) is 0 Å². The van der Waals surface area contributed by atoms with Crippen LogP contribution in [-0.2, 0) is 27.4 Å². The van der Waals surface area contributed by atoms with Gasteiger partial charge in [-0.15, -0.1) is 29.1 Å². The standard InChI is InChI=1S/C26H29N5O4S2/c1-4-34-25(33)23(16(2)3)28-24(32)21(12-17-8-6-5-7-9-17)31-14-18(29-30-31)15-35-19-10-11-20-22(13-19)37-26(36)27-20/h5-11,13-14,16,21,23H,4,12,15H2,1-3H3,(H,27,36)(H,28,32)/t21-,23?/m0/s1. The SMILES string of the molecule is CCOC(=O)C(NC(=O)[C@H](Cc1ccccc1)n1cc(COc2ccc3nc(S)sc3c2)nn1)C(C)C.